The summed E-state index contributed by atoms with van der Waals surface area (Å²) in [6.07, 6.45) is 0. The van der Waals surface area contributed by atoms with Gasteiger partial charge in [0.2, 0.25) is 0 Å². The van der Waals surface area contributed by atoms with E-state index >= 15 is 0 Å². The van der Waals surface area contributed by atoms with Gasteiger partial charge in [0.1, 0.15) is 5.82 Å². The summed E-state index contributed by atoms with van der Waals surface area (Å²) >= 11 is 1.74. The topological polar surface area (TPSA) is 40.5 Å². The highest BCUT2D eigenvalue weighted by atomic mass is 32.2. The summed E-state index contributed by atoms with van der Waals surface area (Å²) in [6, 6.07) is 4.21. The lowest BCUT2D eigenvalue weighted by atomic mass is 9.79. The van der Waals surface area contributed by atoms with Gasteiger partial charge < -0.3 is 10.0 Å². The predicted octanol–water partition coefficient (Wildman–Crippen LogP) is 1.78. The zero-order chi connectivity index (χ0) is 13.0. The second kappa shape index (κ2) is 6.43. The van der Waals surface area contributed by atoms with Gasteiger partial charge in [-0.25, -0.2) is 4.39 Å². The van der Waals surface area contributed by atoms with Crippen LogP contribution in [0.2, 0.25) is 0 Å². The third-order valence-electron chi connectivity index (χ3n) is 2.73. The monoisotopic (exact) mass is 256 g/mol. The molecule has 0 saturated carbocycles. The van der Waals surface area contributed by atoms with Crippen molar-refractivity contribution in [2.24, 2.45) is 5.92 Å². The van der Waals surface area contributed by atoms with E-state index in [1.165, 1.54) is 6.07 Å². The van der Waals surface area contributed by atoms with Crippen molar-refractivity contribution in [1.29, 1.82) is 0 Å². The zero-order valence-electron chi connectivity index (χ0n) is 10.4. The zero-order valence-corrected chi connectivity index (χ0v) is 11.2. The lowest BCUT2D eigenvalue weighted by Gasteiger charge is -2.15. The minimum atomic E-state index is -1.61. The Morgan fingerprint density at radius 1 is 1.24 bits per heavy atom. The van der Waals surface area contributed by atoms with E-state index in [2.05, 4.69) is 20.8 Å². The fourth-order valence-electron chi connectivity index (χ4n) is 1.33. The molecule has 1 atom stereocenters. The fraction of sp³-hybridized carbons (Fsp3) is 0.500. The molecule has 1 aromatic carbocycles. The Morgan fingerprint density at radius 3 is 2.41 bits per heavy atom. The number of halogens is 1. The van der Waals surface area contributed by atoms with E-state index < -0.39 is 12.9 Å². The molecule has 0 aliphatic carbocycles. The van der Waals surface area contributed by atoms with E-state index in [1.807, 2.05) is 0 Å². The van der Waals surface area contributed by atoms with Crippen LogP contribution < -0.4 is 5.46 Å². The van der Waals surface area contributed by atoms with Crippen LogP contribution >= 0.6 is 11.8 Å². The number of rotatable bonds is 5. The molecule has 1 unspecified atom stereocenters. The van der Waals surface area contributed by atoms with E-state index in [0.29, 0.717) is 16.9 Å². The summed E-state index contributed by atoms with van der Waals surface area (Å²) in [5.41, 5.74) is 0.989. The van der Waals surface area contributed by atoms with Crippen LogP contribution in [0, 0.1) is 11.7 Å². The second-order valence-electron chi connectivity index (χ2n) is 4.53. The Labute approximate surface area is 106 Å². The van der Waals surface area contributed by atoms with Gasteiger partial charge in [-0.2, -0.15) is 11.8 Å². The van der Waals surface area contributed by atoms with Crippen LogP contribution in [0.5, 0.6) is 0 Å². The first-order valence-corrected chi connectivity index (χ1v) is 6.72. The average Bonchev–Trinajstić information content (AvgIpc) is 2.24. The molecular formula is C12H18BFO2S. The highest BCUT2D eigenvalue weighted by Gasteiger charge is 2.14. The lowest BCUT2D eigenvalue weighted by Crippen LogP contribution is -2.30. The van der Waals surface area contributed by atoms with E-state index in [1.54, 1.807) is 17.8 Å². The highest BCUT2D eigenvalue weighted by molar-refractivity contribution is 7.99. The van der Waals surface area contributed by atoms with Crippen LogP contribution in [0.1, 0.15) is 26.3 Å². The Hall–Kier alpha value is -0.515. The highest BCUT2D eigenvalue weighted by Crippen LogP contribution is 2.23. The summed E-state index contributed by atoms with van der Waals surface area (Å²) in [7, 11) is -1.61. The van der Waals surface area contributed by atoms with Crippen LogP contribution in [0.3, 0.4) is 0 Å². The largest absolute Gasteiger partial charge is 0.488 e. The molecule has 5 heteroatoms. The van der Waals surface area contributed by atoms with Gasteiger partial charge in [0.15, 0.2) is 0 Å². The van der Waals surface area contributed by atoms with Gasteiger partial charge in [0, 0.05) is 11.0 Å². The second-order valence-corrected chi connectivity index (χ2v) is 5.89. The Balaban J connectivity index is 2.71. The third kappa shape index (κ3) is 4.70. The van der Waals surface area contributed by atoms with Crippen molar-refractivity contribution in [3.8, 4) is 0 Å². The predicted molar refractivity (Wildman–Crippen MR) is 71.8 cm³/mol. The first-order valence-electron chi connectivity index (χ1n) is 5.67. The Bertz CT molecular complexity index is 372. The van der Waals surface area contributed by atoms with Crippen molar-refractivity contribution in [1.82, 2.24) is 0 Å². The van der Waals surface area contributed by atoms with Crippen LogP contribution in [0.25, 0.3) is 0 Å². The van der Waals surface area contributed by atoms with Crippen molar-refractivity contribution in [3.05, 3.63) is 29.6 Å². The molecule has 0 saturated heterocycles. The van der Waals surface area contributed by atoms with Gasteiger partial charge in [0.05, 0.1) is 0 Å². The molecule has 1 aromatic rings. The molecule has 0 radical (unpaired) electrons. The molecule has 2 nitrogen and oxygen atoms in total. The minimum absolute atomic E-state index is 0.206. The van der Waals surface area contributed by atoms with E-state index in [4.69, 9.17) is 10.0 Å². The fourth-order valence-corrected chi connectivity index (χ4v) is 2.33. The molecule has 0 fully saturated rings. The van der Waals surface area contributed by atoms with E-state index in [0.717, 1.165) is 11.6 Å². The maximum Gasteiger partial charge on any atom is 0.488 e. The van der Waals surface area contributed by atoms with Crippen LogP contribution in [-0.2, 0) is 5.75 Å². The van der Waals surface area contributed by atoms with Gasteiger partial charge in [-0.1, -0.05) is 26.8 Å². The molecule has 2 N–H and O–H groups in total. The van der Waals surface area contributed by atoms with Crippen LogP contribution in [-0.4, -0.2) is 22.4 Å². The van der Waals surface area contributed by atoms with Crippen molar-refractivity contribution in [3.63, 3.8) is 0 Å². The molecule has 0 bridgehead atoms. The van der Waals surface area contributed by atoms with Crippen molar-refractivity contribution in [2.45, 2.75) is 31.8 Å². The normalized spacial score (nSPS) is 12.9. The molecule has 0 aliphatic rings. The third-order valence-corrected chi connectivity index (χ3v) is 4.30. The summed E-state index contributed by atoms with van der Waals surface area (Å²) in [5.74, 6) is 0.816. The molecule has 0 aliphatic heterocycles. The quantitative estimate of drug-likeness (QED) is 0.789. The van der Waals surface area contributed by atoms with Crippen molar-refractivity contribution < 1.29 is 14.4 Å². The Kier molecular flexibility index (Phi) is 5.50. The first-order chi connectivity index (χ1) is 7.90. The molecule has 0 heterocycles. The first kappa shape index (κ1) is 14.5. The maximum absolute atomic E-state index is 13.2. The summed E-state index contributed by atoms with van der Waals surface area (Å²) in [4.78, 5) is 0. The van der Waals surface area contributed by atoms with E-state index in [-0.39, 0.29) is 5.46 Å². The summed E-state index contributed by atoms with van der Waals surface area (Å²) < 4.78 is 13.2. The van der Waals surface area contributed by atoms with Crippen LogP contribution in [0.4, 0.5) is 4.39 Å². The summed E-state index contributed by atoms with van der Waals surface area (Å²) in [5, 5.41) is 18.5. The number of benzene rings is 1. The number of thioether (sulfide) groups is 1. The molecule has 94 valence electrons. The van der Waals surface area contributed by atoms with Gasteiger partial charge in [-0.05, 0) is 29.1 Å². The number of hydrogen-bond acceptors (Lipinski definition) is 3. The van der Waals surface area contributed by atoms with Gasteiger partial charge in [-0.3, -0.25) is 0 Å². The van der Waals surface area contributed by atoms with Crippen LogP contribution in [0.15, 0.2) is 18.2 Å². The smallest absolute Gasteiger partial charge is 0.423 e. The maximum atomic E-state index is 13.2. The van der Waals surface area contributed by atoms with Gasteiger partial charge in [0.25, 0.3) is 0 Å². The Morgan fingerprint density at radius 2 is 1.88 bits per heavy atom. The minimum Gasteiger partial charge on any atom is -0.423 e. The van der Waals surface area contributed by atoms with Crippen molar-refractivity contribution >= 4 is 24.3 Å². The molecule has 0 amide bonds. The van der Waals surface area contributed by atoms with Gasteiger partial charge >= 0.3 is 7.12 Å². The lowest BCUT2D eigenvalue weighted by molar-refractivity contribution is 0.425. The number of hydrogen-bond donors (Lipinski definition) is 2. The summed E-state index contributed by atoms with van der Waals surface area (Å²) in [6.45, 7) is 6.43. The van der Waals surface area contributed by atoms with E-state index in [9.17, 15) is 4.39 Å². The van der Waals surface area contributed by atoms with Crippen molar-refractivity contribution in [2.75, 3.05) is 0 Å². The molecule has 0 aromatic heterocycles. The molecule has 0 spiro atoms. The molecule has 1 rings (SSSR count). The average molecular weight is 256 g/mol. The molecule has 17 heavy (non-hydrogen) atoms. The van der Waals surface area contributed by atoms with Gasteiger partial charge in [-0.15, -0.1) is 0 Å². The SMILES string of the molecule is CC(C)C(C)SCc1cc(F)cc(B(O)O)c1. The molecular weight excluding hydrogens is 238 g/mol. The standard InChI is InChI=1S/C12H18BFO2S/c1-8(2)9(3)17-7-10-4-11(13(15)16)6-12(14)5-10/h4-6,8-9,15-16H,7H2,1-3H3.